The normalized spacial score (nSPS) is 16.4. The van der Waals surface area contributed by atoms with Gasteiger partial charge in [0.05, 0.1) is 24.3 Å². The smallest absolute Gasteiger partial charge is 0.264 e. The van der Waals surface area contributed by atoms with Crippen molar-refractivity contribution in [2.75, 3.05) is 13.7 Å². The molecule has 1 aliphatic rings. The van der Waals surface area contributed by atoms with Crippen molar-refractivity contribution in [1.82, 2.24) is 5.32 Å². The molecule has 3 rings (SSSR count). The van der Waals surface area contributed by atoms with Crippen molar-refractivity contribution < 1.29 is 14.3 Å². The van der Waals surface area contributed by atoms with Gasteiger partial charge in [-0.2, -0.15) is 0 Å². The van der Waals surface area contributed by atoms with Crippen LogP contribution in [0.2, 0.25) is 0 Å². The van der Waals surface area contributed by atoms with Crippen LogP contribution in [-0.2, 0) is 4.79 Å². The standard InChI is InChI=1S/C21H20Br2N2O3S/c1-5-28-17-10-15(22)13(8-16(17)27-4)9-18-20(26)25-21(29-18)24-14-6-11(2)19(23)12(3)7-14/h6-10H,5H2,1-4H3,(H,24,25,26)/b18-9-. The Balaban J connectivity index is 1.90. The Morgan fingerprint density at radius 1 is 1.14 bits per heavy atom. The average molecular weight is 540 g/mol. The average Bonchev–Trinajstić information content (AvgIpc) is 3.00. The van der Waals surface area contributed by atoms with Gasteiger partial charge in [-0.3, -0.25) is 4.79 Å². The van der Waals surface area contributed by atoms with Crippen LogP contribution in [0.4, 0.5) is 5.69 Å². The number of rotatable bonds is 5. The van der Waals surface area contributed by atoms with Crippen molar-refractivity contribution >= 4 is 66.5 Å². The molecule has 1 saturated heterocycles. The van der Waals surface area contributed by atoms with Gasteiger partial charge in [0.25, 0.3) is 5.91 Å². The monoisotopic (exact) mass is 538 g/mol. The number of carbonyl (C=O) groups excluding carboxylic acids is 1. The van der Waals surface area contributed by atoms with Crippen molar-refractivity contribution in [3.8, 4) is 11.5 Å². The van der Waals surface area contributed by atoms with Gasteiger partial charge in [-0.05, 0) is 79.6 Å². The highest BCUT2D eigenvalue weighted by Gasteiger charge is 2.24. The van der Waals surface area contributed by atoms with Gasteiger partial charge in [-0.15, -0.1) is 0 Å². The minimum Gasteiger partial charge on any atom is -0.493 e. The van der Waals surface area contributed by atoms with Crippen LogP contribution in [-0.4, -0.2) is 24.8 Å². The molecule has 29 heavy (non-hydrogen) atoms. The summed E-state index contributed by atoms with van der Waals surface area (Å²) in [6, 6.07) is 7.64. The number of nitrogens with zero attached hydrogens (tertiary/aromatic N) is 1. The van der Waals surface area contributed by atoms with E-state index in [2.05, 4.69) is 42.2 Å². The van der Waals surface area contributed by atoms with E-state index in [-0.39, 0.29) is 5.91 Å². The van der Waals surface area contributed by atoms with Crippen LogP contribution < -0.4 is 14.8 Å². The van der Waals surface area contributed by atoms with Gasteiger partial charge < -0.3 is 14.8 Å². The minimum atomic E-state index is -0.181. The molecule has 0 atom stereocenters. The number of aliphatic imine (C=N–C) groups is 1. The lowest BCUT2D eigenvalue weighted by atomic mass is 10.1. The van der Waals surface area contributed by atoms with Gasteiger partial charge >= 0.3 is 0 Å². The molecule has 0 spiro atoms. The maximum atomic E-state index is 12.4. The first-order valence-corrected chi connectivity index (χ1v) is 11.3. The summed E-state index contributed by atoms with van der Waals surface area (Å²) in [6.45, 7) is 6.49. The number of methoxy groups -OCH3 is 1. The van der Waals surface area contributed by atoms with E-state index in [4.69, 9.17) is 9.47 Å². The van der Waals surface area contributed by atoms with Crippen LogP contribution in [0, 0.1) is 13.8 Å². The van der Waals surface area contributed by atoms with E-state index in [1.807, 2.05) is 51.1 Å². The number of hydrogen-bond acceptors (Lipinski definition) is 5. The van der Waals surface area contributed by atoms with Crippen LogP contribution >= 0.6 is 43.6 Å². The third-order valence-electron chi connectivity index (χ3n) is 4.17. The molecule has 0 bridgehead atoms. The number of carbonyl (C=O) groups is 1. The molecule has 0 saturated carbocycles. The minimum absolute atomic E-state index is 0.181. The SMILES string of the molecule is CCOc1cc(Br)c(/C=C2\SC(=Nc3cc(C)c(Br)c(C)c3)NC2=O)cc1OC. The number of amidine groups is 1. The Kier molecular flexibility index (Phi) is 7.08. The maximum absolute atomic E-state index is 12.4. The second-order valence-electron chi connectivity index (χ2n) is 6.33. The fourth-order valence-corrected chi connectivity index (χ4v) is 4.31. The molecule has 0 aliphatic carbocycles. The van der Waals surface area contributed by atoms with Crippen LogP contribution in [0.5, 0.6) is 11.5 Å². The number of nitrogens with one attached hydrogen (secondary N) is 1. The molecule has 1 heterocycles. The van der Waals surface area contributed by atoms with Crippen LogP contribution in [0.3, 0.4) is 0 Å². The molecule has 2 aromatic rings. The van der Waals surface area contributed by atoms with Crippen molar-refractivity contribution in [3.05, 3.63) is 54.8 Å². The number of ether oxygens (including phenoxy) is 2. The molecule has 8 heteroatoms. The molecule has 0 aromatic heterocycles. The van der Waals surface area contributed by atoms with Gasteiger partial charge in [0.15, 0.2) is 16.7 Å². The van der Waals surface area contributed by atoms with Crippen LogP contribution in [0.25, 0.3) is 6.08 Å². The number of halogens is 2. The largest absolute Gasteiger partial charge is 0.493 e. The predicted octanol–water partition coefficient (Wildman–Crippen LogP) is 6.13. The number of hydrogen-bond donors (Lipinski definition) is 1. The number of aryl methyl sites for hydroxylation is 2. The Hall–Kier alpha value is -1.77. The second-order valence-corrected chi connectivity index (χ2v) is 9.01. The fraction of sp³-hybridized carbons (Fsp3) is 0.238. The summed E-state index contributed by atoms with van der Waals surface area (Å²) in [5.74, 6) is 1.08. The van der Waals surface area contributed by atoms with E-state index in [1.54, 1.807) is 7.11 Å². The number of benzene rings is 2. The lowest BCUT2D eigenvalue weighted by molar-refractivity contribution is -0.115. The van der Waals surface area contributed by atoms with Crippen molar-refractivity contribution in [2.24, 2.45) is 4.99 Å². The van der Waals surface area contributed by atoms with E-state index in [1.165, 1.54) is 11.8 Å². The Morgan fingerprint density at radius 2 is 1.83 bits per heavy atom. The third kappa shape index (κ3) is 5.05. The predicted molar refractivity (Wildman–Crippen MR) is 126 cm³/mol. The number of amides is 1. The molecular weight excluding hydrogens is 520 g/mol. The van der Waals surface area contributed by atoms with Gasteiger partial charge in [0, 0.05) is 8.95 Å². The van der Waals surface area contributed by atoms with Crippen molar-refractivity contribution in [3.63, 3.8) is 0 Å². The molecule has 0 radical (unpaired) electrons. The summed E-state index contributed by atoms with van der Waals surface area (Å²) in [6.07, 6.45) is 1.81. The van der Waals surface area contributed by atoms with Crippen molar-refractivity contribution in [2.45, 2.75) is 20.8 Å². The molecule has 152 valence electrons. The second kappa shape index (κ2) is 9.36. The van der Waals surface area contributed by atoms with E-state index >= 15 is 0 Å². The van der Waals surface area contributed by atoms with E-state index < -0.39 is 0 Å². The zero-order valence-electron chi connectivity index (χ0n) is 16.4. The van der Waals surface area contributed by atoms with E-state index in [0.29, 0.717) is 28.2 Å². The quantitative estimate of drug-likeness (QED) is 0.464. The highest BCUT2D eigenvalue weighted by Crippen LogP contribution is 2.37. The van der Waals surface area contributed by atoms with Crippen LogP contribution in [0.1, 0.15) is 23.6 Å². The Labute approximate surface area is 191 Å². The summed E-state index contributed by atoms with van der Waals surface area (Å²) in [7, 11) is 1.59. The van der Waals surface area contributed by atoms with Gasteiger partial charge in [0.2, 0.25) is 0 Å². The van der Waals surface area contributed by atoms with Gasteiger partial charge in [0.1, 0.15) is 0 Å². The lowest BCUT2D eigenvalue weighted by Crippen LogP contribution is -2.19. The zero-order chi connectivity index (χ0) is 21.1. The van der Waals surface area contributed by atoms with Crippen molar-refractivity contribution in [1.29, 1.82) is 0 Å². The Bertz CT molecular complexity index is 1010. The molecule has 1 amide bonds. The molecule has 0 unspecified atom stereocenters. The highest BCUT2D eigenvalue weighted by atomic mass is 79.9. The molecule has 5 nitrogen and oxygen atoms in total. The van der Waals surface area contributed by atoms with Crippen LogP contribution in [0.15, 0.2) is 43.1 Å². The summed E-state index contributed by atoms with van der Waals surface area (Å²) in [5.41, 5.74) is 3.82. The number of thioether (sulfide) groups is 1. The summed E-state index contributed by atoms with van der Waals surface area (Å²) < 4.78 is 12.9. The highest BCUT2D eigenvalue weighted by molar-refractivity contribution is 9.10. The molecule has 1 N–H and O–H groups in total. The third-order valence-corrected chi connectivity index (χ3v) is 7.02. The molecular formula is C21H20Br2N2O3S. The van der Waals surface area contributed by atoms with Gasteiger partial charge in [-0.1, -0.05) is 31.9 Å². The summed E-state index contributed by atoms with van der Waals surface area (Å²) in [5, 5.41) is 3.38. The summed E-state index contributed by atoms with van der Waals surface area (Å²) in [4.78, 5) is 17.6. The van der Waals surface area contributed by atoms with E-state index in [9.17, 15) is 4.79 Å². The van der Waals surface area contributed by atoms with E-state index in [0.717, 1.165) is 31.3 Å². The molecule has 1 fully saturated rings. The lowest BCUT2D eigenvalue weighted by Gasteiger charge is -2.11. The topological polar surface area (TPSA) is 59.9 Å². The fourth-order valence-electron chi connectivity index (χ4n) is 2.82. The first-order chi connectivity index (χ1) is 13.8. The molecule has 2 aromatic carbocycles. The first-order valence-electron chi connectivity index (χ1n) is 8.89. The zero-order valence-corrected chi connectivity index (χ0v) is 20.4. The maximum Gasteiger partial charge on any atom is 0.264 e. The van der Waals surface area contributed by atoms with Gasteiger partial charge in [-0.25, -0.2) is 4.99 Å². The molecule has 1 aliphatic heterocycles. The first kappa shape index (κ1) is 21.9. The summed E-state index contributed by atoms with van der Waals surface area (Å²) >= 11 is 8.41. The Morgan fingerprint density at radius 3 is 2.45 bits per heavy atom.